The van der Waals surface area contributed by atoms with E-state index >= 15 is 0 Å². The number of ether oxygens (including phenoxy) is 1. The fraction of sp³-hybridized carbons (Fsp3) is 0.0556. The number of amides is 1. The first-order valence-corrected chi connectivity index (χ1v) is 8.32. The first kappa shape index (κ1) is 18.0. The van der Waals surface area contributed by atoms with E-state index in [9.17, 15) is 4.79 Å². The highest BCUT2D eigenvalue weighted by Crippen LogP contribution is 2.27. The van der Waals surface area contributed by atoms with Crippen molar-refractivity contribution < 1.29 is 9.53 Å². The average molecular weight is 389 g/mol. The van der Waals surface area contributed by atoms with Crippen LogP contribution >= 0.6 is 23.2 Å². The third-order valence-corrected chi connectivity index (χ3v) is 3.97. The van der Waals surface area contributed by atoms with E-state index < -0.39 is 5.91 Å². The monoisotopic (exact) mass is 388 g/mol. The minimum absolute atomic E-state index is 0.179. The molecule has 3 rings (SSSR count). The molecular weight excluding hydrogens is 375 g/mol. The van der Waals surface area contributed by atoms with E-state index in [0.717, 1.165) is 5.69 Å². The van der Waals surface area contributed by atoms with E-state index in [1.54, 1.807) is 42.5 Å². The zero-order chi connectivity index (χ0) is 18.5. The fourth-order valence-corrected chi connectivity index (χ4v) is 2.52. The summed E-state index contributed by atoms with van der Waals surface area (Å²) in [7, 11) is 1.52. The van der Waals surface area contributed by atoms with Crippen molar-refractivity contribution in [1.82, 2.24) is 10.2 Å². The van der Waals surface area contributed by atoms with Crippen molar-refractivity contribution in [3.63, 3.8) is 0 Å². The molecule has 1 heterocycles. The van der Waals surface area contributed by atoms with Gasteiger partial charge in [-0.15, -0.1) is 10.2 Å². The highest BCUT2D eigenvalue weighted by Gasteiger charge is 2.10. The van der Waals surface area contributed by atoms with Crippen molar-refractivity contribution in [3.8, 4) is 5.75 Å². The van der Waals surface area contributed by atoms with Crippen molar-refractivity contribution in [2.75, 3.05) is 17.7 Å². The van der Waals surface area contributed by atoms with Gasteiger partial charge in [-0.05, 0) is 54.6 Å². The predicted molar refractivity (Wildman–Crippen MR) is 103 cm³/mol. The van der Waals surface area contributed by atoms with Crippen molar-refractivity contribution >= 4 is 46.3 Å². The van der Waals surface area contributed by atoms with Gasteiger partial charge in [0.05, 0.1) is 12.1 Å². The van der Waals surface area contributed by atoms with Gasteiger partial charge in [0.2, 0.25) is 0 Å². The van der Waals surface area contributed by atoms with Gasteiger partial charge in [-0.1, -0.05) is 23.2 Å². The van der Waals surface area contributed by atoms with Crippen molar-refractivity contribution in [2.24, 2.45) is 0 Å². The summed E-state index contributed by atoms with van der Waals surface area (Å²) in [6.07, 6.45) is 0. The Hall–Kier alpha value is -2.83. The summed E-state index contributed by atoms with van der Waals surface area (Å²) in [5.41, 5.74) is 1.53. The molecule has 0 aliphatic rings. The molecule has 1 amide bonds. The molecule has 0 aliphatic heterocycles. The van der Waals surface area contributed by atoms with Crippen LogP contribution in [-0.2, 0) is 0 Å². The fourth-order valence-electron chi connectivity index (χ4n) is 2.14. The van der Waals surface area contributed by atoms with Crippen LogP contribution in [0.3, 0.4) is 0 Å². The van der Waals surface area contributed by atoms with E-state index in [2.05, 4.69) is 20.8 Å². The van der Waals surface area contributed by atoms with Crippen molar-refractivity contribution in [1.29, 1.82) is 0 Å². The molecule has 0 aliphatic carbocycles. The van der Waals surface area contributed by atoms with Crippen molar-refractivity contribution in [2.45, 2.75) is 0 Å². The van der Waals surface area contributed by atoms with Crippen LogP contribution in [0.25, 0.3) is 0 Å². The number of nitrogens with one attached hydrogen (secondary N) is 2. The van der Waals surface area contributed by atoms with Gasteiger partial charge in [0, 0.05) is 16.4 Å². The molecule has 2 aromatic carbocycles. The molecule has 1 aromatic heterocycles. The van der Waals surface area contributed by atoms with E-state index in [4.69, 9.17) is 27.9 Å². The maximum absolute atomic E-state index is 12.3. The van der Waals surface area contributed by atoms with Gasteiger partial charge in [0.25, 0.3) is 5.91 Å². The molecule has 26 heavy (non-hydrogen) atoms. The first-order valence-electron chi connectivity index (χ1n) is 7.56. The Morgan fingerprint density at radius 2 is 1.69 bits per heavy atom. The van der Waals surface area contributed by atoms with Crippen LogP contribution in [0.2, 0.25) is 10.0 Å². The van der Waals surface area contributed by atoms with Crippen LogP contribution in [-0.4, -0.2) is 23.2 Å². The highest BCUT2D eigenvalue weighted by molar-refractivity contribution is 6.32. The number of anilines is 3. The Balaban J connectivity index is 1.66. The lowest BCUT2D eigenvalue weighted by molar-refractivity contribution is 0.102. The first-order chi connectivity index (χ1) is 12.5. The van der Waals surface area contributed by atoms with Crippen LogP contribution in [0, 0.1) is 0 Å². The van der Waals surface area contributed by atoms with Crippen LogP contribution in [0.15, 0.2) is 54.6 Å². The third kappa shape index (κ3) is 4.41. The van der Waals surface area contributed by atoms with Crippen LogP contribution < -0.4 is 15.4 Å². The third-order valence-electron chi connectivity index (χ3n) is 3.42. The summed E-state index contributed by atoms with van der Waals surface area (Å²) in [6, 6.07) is 15.4. The number of methoxy groups -OCH3 is 1. The van der Waals surface area contributed by atoms with Crippen LogP contribution in [0.4, 0.5) is 17.2 Å². The van der Waals surface area contributed by atoms with E-state index in [0.29, 0.717) is 27.3 Å². The summed E-state index contributed by atoms with van der Waals surface area (Å²) in [5, 5.41) is 14.8. The second-order valence-corrected chi connectivity index (χ2v) is 6.08. The minimum Gasteiger partial charge on any atom is -0.495 e. The number of carbonyl (C=O) groups excluding carboxylic acids is 1. The number of halogens is 2. The smallest absolute Gasteiger partial charge is 0.276 e. The van der Waals surface area contributed by atoms with Gasteiger partial charge < -0.3 is 15.4 Å². The zero-order valence-corrected chi connectivity index (χ0v) is 15.2. The molecule has 0 bridgehead atoms. The Kier molecular flexibility index (Phi) is 5.55. The lowest BCUT2D eigenvalue weighted by Crippen LogP contribution is -2.14. The van der Waals surface area contributed by atoms with Crippen LogP contribution in [0.1, 0.15) is 10.5 Å². The SMILES string of the molecule is COc1ccc(NC(=O)c2ccc(Nc3ccc(Cl)cc3)nn2)cc1Cl. The largest absolute Gasteiger partial charge is 0.495 e. The summed E-state index contributed by atoms with van der Waals surface area (Å²) >= 11 is 11.9. The lowest BCUT2D eigenvalue weighted by atomic mass is 10.2. The number of hydrogen-bond acceptors (Lipinski definition) is 5. The number of hydrogen-bond donors (Lipinski definition) is 2. The maximum atomic E-state index is 12.3. The van der Waals surface area contributed by atoms with E-state index in [-0.39, 0.29) is 5.69 Å². The molecule has 0 spiro atoms. The van der Waals surface area contributed by atoms with Gasteiger partial charge in [-0.3, -0.25) is 4.79 Å². The summed E-state index contributed by atoms with van der Waals surface area (Å²) in [4.78, 5) is 12.3. The molecule has 0 radical (unpaired) electrons. The summed E-state index contributed by atoms with van der Waals surface area (Å²) in [6.45, 7) is 0. The molecule has 0 fully saturated rings. The van der Waals surface area contributed by atoms with Gasteiger partial charge in [0.15, 0.2) is 11.5 Å². The molecule has 6 nitrogen and oxygen atoms in total. The maximum Gasteiger partial charge on any atom is 0.276 e. The molecule has 2 N–H and O–H groups in total. The summed E-state index contributed by atoms with van der Waals surface area (Å²) in [5.74, 6) is 0.648. The second-order valence-electron chi connectivity index (χ2n) is 5.24. The highest BCUT2D eigenvalue weighted by atomic mass is 35.5. The Labute approximate surface area is 160 Å². The van der Waals surface area contributed by atoms with Gasteiger partial charge in [-0.25, -0.2) is 0 Å². The van der Waals surface area contributed by atoms with Gasteiger partial charge >= 0.3 is 0 Å². The number of benzene rings is 2. The molecule has 132 valence electrons. The number of aromatic nitrogens is 2. The molecule has 3 aromatic rings. The van der Waals surface area contributed by atoms with E-state index in [1.165, 1.54) is 7.11 Å². The van der Waals surface area contributed by atoms with Crippen molar-refractivity contribution in [3.05, 3.63) is 70.3 Å². The Bertz CT molecular complexity index is 915. The van der Waals surface area contributed by atoms with Crippen LogP contribution in [0.5, 0.6) is 5.75 Å². The van der Waals surface area contributed by atoms with Gasteiger partial charge in [0.1, 0.15) is 5.75 Å². The number of rotatable bonds is 5. The second kappa shape index (κ2) is 8.03. The number of carbonyl (C=O) groups is 1. The predicted octanol–water partition coefficient (Wildman–Crippen LogP) is 4.79. The standard InChI is InChI=1S/C18H14Cl2N4O2/c1-26-16-8-6-13(10-14(16)20)22-18(25)15-7-9-17(24-23-15)21-12-4-2-11(19)3-5-12/h2-10H,1H3,(H,21,24)(H,22,25). The lowest BCUT2D eigenvalue weighted by Gasteiger charge is -2.08. The molecule has 0 saturated carbocycles. The normalized spacial score (nSPS) is 10.3. The molecule has 8 heteroatoms. The van der Waals surface area contributed by atoms with E-state index in [1.807, 2.05) is 12.1 Å². The average Bonchev–Trinajstić information content (AvgIpc) is 2.64. The molecular formula is C18H14Cl2N4O2. The minimum atomic E-state index is -0.392. The molecule has 0 unspecified atom stereocenters. The molecule has 0 atom stereocenters. The Morgan fingerprint density at radius 3 is 2.31 bits per heavy atom. The Morgan fingerprint density at radius 1 is 0.962 bits per heavy atom. The summed E-state index contributed by atoms with van der Waals surface area (Å²) < 4.78 is 5.08. The topological polar surface area (TPSA) is 76.1 Å². The zero-order valence-electron chi connectivity index (χ0n) is 13.7. The van der Waals surface area contributed by atoms with Gasteiger partial charge in [-0.2, -0.15) is 0 Å². The quantitative estimate of drug-likeness (QED) is 0.656. The number of nitrogens with zero attached hydrogens (tertiary/aromatic N) is 2. The molecule has 0 saturated heterocycles.